The highest BCUT2D eigenvalue weighted by Crippen LogP contribution is 2.22. The van der Waals surface area contributed by atoms with Gasteiger partial charge in [-0.1, -0.05) is 26.0 Å². The number of amides is 2. The maximum Gasteiger partial charge on any atom is 0.335 e. The number of carboxylic acids is 1. The third kappa shape index (κ3) is 5.76. The number of aromatic carboxylic acids is 1. The largest absolute Gasteiger partial charge is 0.478 e. The van der Waals surface area contributed by atoms with Crippen molar-refractivity contribution in [1.82, 2.24) is 10.2 Å². The molecule has 7 heteroatoms. The zero-order valence-electron chi connectivity index (χ0n) is 15.2. The van der Waals surface area contributed by atoms with Crippen molar-refractivity contribution < 1.29 is 19.5 Å². The van der Waals surface area contributed by atoms with Crippen molar-refractivity contribution in [3.05, 3.63) is 35.4 Å². The van der Waals surface area contributed by atoms with Gasteiger partial charge in [0.15, 0.2) is 0 Å². The van der Waals surface area contributed by atoms with Gasteiger partial charge in [-0.15, -0.1) is 11.8 Å². The highest BCUT2D eigenvalue weighted by Gasteiger charge is 2.34. The SMILES string of the molecule is CC(C)CCNC(=O)C1CSCN1C(=O)CCc1ccc(C(=O)O)cc1. The lowest BCUT2D eigenvalue weighted by atomic mass is 10.1. The van der Waals surface area contributed by atoms with Gasteiger partial charge in [0.2, 0.25) is 11.8 Å². The molecule has 0 radical (unpaired) electrons. The summed E-state index contributed by atoms with van der Waals surface area (Å²) in [5, 5.41) is 11.8. The van der Waals surface area contributed by atoms with E-state index in [1.165, 1.54) is 0 Å². The summed E-state index contributed by atoms with van der Waals surface area (Å²) < 4.78 is 0. The van der Waals surface area contributed by atoms with Crippen LogP contribution >= 0.6 is 11.8 Å². The molecule has 0 spiro atoms. The van der Waals surface area contributed by atoms with Gasteiger partial charge < -0.3 is 15.3 Å². The fourth-order valence-electron chi connectivity index (χ4n) is 2.72. The average molecular weight is 378 g/mol. The molecule has 1 atom stereocenters. The molecule has 0 aromatic heterocycles. The van der Waals surface area contributed by atoms with Gasteiger partial charge >= 0.3 is 5.97 Å². The van der Waals surface area contributed by atoms with Gasteiger partial charge in [0.25, 0.3) is 0 Å². The molecule has 1 aromatic carbocycles. The maximum absolute atomic E-state index is 12.5. The number of thioether (sulfide) groups is 1. The molecule has 1 fully saturated rings. The van der Waals surface area contributed by atoms with Crippen molar-refractivity contribution in [3.63, 3.8) is 0 Å². The van der Waals surface area contributed by atoms with Crippen molar-refractivity contribution in [3.8, 4) is 0 Å². The van der Waals surface area contributed by atoms with Gasteiger partial charge in [-0.2, -0.15) is 0 Å². The molecule has 0 aliphatic carbocycles. The third-order valence-electron chi connectivity index (χ3n) is 4.35. The smallest absolute Gasteiger partial charge is 0.335 e. The molecule has 0 bridgehead atoms. The fourth-order valence-corrected chi connectivity index (χ4v) is 3.90. The van der Waals surface area contributed by atoms with E-state index in [-0.39, 0.29) is 17.4 Å². The Bertz CT molecular complexity index is 645. The Balaban J connectivity index is 1.85. The summed E-state index contributed by atoms with van der Waals surface area (Å²) in [7, 11) is 0. The first-order valence-corrected chi connectivity index (χ1v) is 10.0. The van der Waals surface area contributed by atoms with E-state index in [2.05, 4.69) is 19.2 Å². The molecular weight excluding hydrogens is 352 g/mol. The zero-order chi connectivity index (χ0) is 19.1. The zero-order valence-corrected chi connectivity index (χ0v) is 16.1. The second-order valence-corrected chi connectivity index (χ2v) is 7.85. The highest BCUT2D eigenvalue weighted by atomic mass is 32.2. The van der Waals surface area contributed by atoms with Crippen molar-refractivity contribution in [2.24, 2.45) is 5.92 Å². The first-order chi connectivity index (χ1) is 12.4. The molecular formula is C19H26N2O4S. The van der Waals surface area contributed by atoms with E-state index < -0.39 is 12.0 Å². The minimum atomic E-state index is -0.965. The van der Waals surface area contributed by atoms with Crippen LogP contribution in [0, 0.1) is 5.92 Å². The van der Waals surface area contributed by atoms with E-state index in [0.717, 1.165) is 12.0 Å². The number of carbonyl (C=O) groups excluding carboxylic acids is 2. The number of hydrogen-bond acceptors (Lipinski definition) is 4. The minimum Gasteiger partial charge on any atom is -0.478 e. The Morgan fingerprint density at radius 1 is 1.27 bits per heavy atom. The minimum absolute atomic E-state index is 0.0404. The second kappa shape index (κ2) is 9.62. The Morgan fingerprint density at radius 3 is 2.58 bits per heavy atom. The van der Waals surface area contributed by atoms with E-state index in [1.807, 2.05) is 0 Å². The van der Waals surface area contributed by atoms with Crippen LogP contribution in [0.15, 0.2) is 24.3 Å². The molecule has 1 saturated heterocycles. The third-order valence-corrected chi connectivity index (χ3v) is 5.37. The number of nitrogens with zero attached hydrogens (tertiary/aromatic N) is 1. The fraction of sp³-hybridized carbons (Fsp3) is 0.526. The number of aryl methyl sites for hydroxylation is 1. The van der Waals surface area contributed by atoms with Crippen LogP contribution < -0.4 is 5.32 Å². The van der Waals surface area contributed by atoms with Gasteiger partial charge in [0, 0.05) is 18.7 Å². The van der Waals surface area contributed by atoms with E-state index >= 15 is 0 Å². The van der Waals surface area contributed by atoms with Crippen molar-refractivity contribution in [2.45, 2.75) is 39.2 Å². The quantitative estimate of drug-likeness (QED) is 0.725. The van der Waals surface area contributed by atoms with E-state index in [1.54, 1.807) is 40.9 Å². The molecule has 1 aromatic rings. The maximum atomic E-state index is 12.5. The van der Waals surface area contributed by atoms with Crippen LogP contribution in [0.2, 0.25) is 0 Å². The average Bonchev–Trinajstić information content (AvgIpc) is 3.09. The van der Waals surface area contributed by atoms with E-state index in [0.29, 0.717) is 36.9 Å². The van der Waals surface area contributed by atoms with Gasteiger partial charge in [-0.25, -0.2) is 4.79 Å². The number of carboxylic acid groups (broad SMARTS) is 1. The lowest BCUT2D eigenvalue weighted by molar-refractivity contribution is -0.138. The van der Waals surface area contributed by atoms with Crippen molar-refractivity contribution >= 4 is 29.5 Å². The molecule has 2 amide bonds. The molecule has 6 nitrogen and oxygen atoms in total. The molecule has 0 saturated carbocycles. The summed E-state index contributed by atoms with van der Waals surface area (Å²) in [4.78, 5) is 37.4. The van der Waals surface area contributed by atoms with Crippen LogP contribution in [0.25, 0.3) is 0 Å². The summed E-state index contributed by atoms with van der Waals surface area (Å²) in [6, 6.07) is 6.14. The van der Waals surface area contributed by atoms with Gasteiger partial charge in [0.1, 0.15) is 6.04 Å². The van der Waals surface area contributed by atoms with Crippen LogP contribution in [-0.4, -0.2) is 52.0 Å². The number of nitrogens with one attached hydrogen (secondary N) is 1. The monoisotopic (exact) mass is 378 g/mol. The molecule has 1 aliphatic heterocycles. The second-order valence-electron chi connectivity index (χ2n) is 6.85. The van der Waals surface area contributed by atoms with Gasteiger partial charge in [-0.05, 0) is 36.5 Å². The van der Waals surface area contributed by atoms with E-state index in [9.17, 15) is 14.4 Å². The van der Waals surface area contributed by atoms with Crippen LogP contribution in [0.3, 0.4) is 0 Å². The lowest BCUT2D eigenvalue weighted by Gasteiger charge is -2.23. The molecule has 2 rings (SSSR count). The summed E-state index contributed by atoms with van der Waals surface area (Å²) in [6.45, 7) is 4.85. The summed E-state index contributed by atoms with van der Waals surface area (Å²) in [6.07, 6.45) is 1.76. The Morgan fingerprint density at radius 2 is 1.96 bits per heavy atom. The number of rotatable bonds is 8. The van der Waals surface area contributed by atoms with Crippen LogP contribution in [0.4, 0.5) is 0 Å². The number of carbonyl (C=O) groups is 3. The standard InChI is InChI=1S/C19H26N2O4S/c1-13(2)9-10-20-18(23)16-11-26-12-21(16)17(22)8-5-14-3-6-15(7-4-14)19(24)25/h3-4,6-7,13,16H,5,8-12H2,1-2H3,(H,20,23)(H,24,25). The predicted molar refractivity (Wildman–Crippen MR) is 102 cm³/mol. The van der Waals surface area contributed by atoms with Crippen LogP contribution in [0.1, 0.15) is 42.6 Å². The Kier molecular flexibility index (Phi) is 7.50. The Labute approximate surface area is 158 Å². The van der Waals surface area contributed by atoms with Gasteiger partial charge in [-0.3, -0.25) is 9.59 Å². The summed E-state index contributed by atoms with van der Waals surface area (Å²) in [5.74, 6) is 0.619. The molecule has 142 valence electrons. The Hall–Kier alpha value is -2.02. The summed E-state index contributed by atoms with van der Waals surface area (Å²) in [5.41, 5.74) is 1.14. The molecule has 2 N–H and O–H groups in total. The van der Waals surface area contributed by atoms with Crippen molar-refractivity contribution in [1.29, 1.82) is 0 Å². The molecule has 1 aliphatic rings. The molecule has 1 heterocycles. The van der Waals surface area contributed by atoms with Crippen LogP contribution in [0.5, 0.6) is 0 Å². The molecule has 26 heavy (non-hydrogen) atoms. The first kappa shape index (κ1) is 20.3. The normalized spacial score (nSPS) is 16.7. The van der Waals surface area contributed by atoms with Gasteiger partial charge in [0.05, 0.1) is 11.4 Å². The predicted octanol–water partition coefficient (Wildman–Crippen LogP) is 2.38. The lowest BCUT2D eigenvalue weighted by Crippen LogP contribution is -2.47. The highest BCUT2D eigenvalue weighted by molar-refractivity contribution is 7.99. The van der Waals surface area contributed by atoms with Crippen molar-refractivity contribution in [2.75, 3.05) is 18.2 Å². The molecule has 1 unspecified atom stereocenters. The summed E-state index contributed by atoms with van der Waals surface area (Å²) >= 11 is 1.59. The number of benzene rings is 1. The van der Waals surface area contributed by atoms with Crippen LogP contribution in [-0.2, 0) is 16.0 Å². The topological polar surface area (TPSA) is 86.7 Å². The first-order valence-electron chi connectivity index (χ1n) is 8.85. The number of hydrogen-bond donors (Lipinski definition) is 2. The van der Waals surface area contributed by atoms with E-state index in [4.69, 9.17) is 5.11 Å².